The van der Waals surface area contributed by atoms with Gasteiger partial charge in [-0.1, -0.05) is 67.1 Å². The fraction of sp³-hybridized carbons (Fsp3) is 0.409. The van der Waals surface area contributed by atoms with Crippen LogP contribution >= 0.6 is 0 Å². The minimum absolute atomic E-state index is 0.0619. The number of benzene rings is 2. The minimum atomic E-state index is -0.420. The number of hydrogen-bond acceptors (Lipinski definition) is 3. The molecule has 0 unspecified atom stereocenters. The molecule has 3 atom stereocenters. The van der Waals surface area contributed by atoms with Gasteiger partial charge in [0.1, 0.15) is 0 Å². The van der Waals surface area contributed by atoms with Crippen molar-refractivity contribution in [3.05, 3.63) is 71.8 Å². The molecule has 1 fully saturated rings. The van der Waals surface area contributed by atoms with Crippen LogP contribution in [0, 0.1) is 0 Å². The van der Waals surface area contributed by atoms with Gasteiger partial charge in [0, 0.05) is 18.5 Å². The average Bonchev–Trinajstić information content (AvgIpc) is 3.47. The van der Waals surface area contributed by atoms with Crippen LogP contribution in [0.25, 0.3) is 0 Å². The van der Waals surface area contributed by atoms with Crippen LogP contribution in [0.15, 0.2) is 60.7 Å². The number of amides is 1. The third-order valence-corrected chi connectivity index (χ3v) is 5.01. The van der Waals surface area contributed by atoms with Crippen molar-refractivity contribution in [1.29, 1.82) is 0 Å². The molecule has 3 rings (SSSR count). The highest BCUT2D eigenvalue weighted by atomic mass is 16.2. The van der Waals surface area contributed by atoms with Crippen molar-refractivity contribution in [2.75, 3.05) is 6.54 Å². The summed E-state index contributed by atoms with van der Waals surface area (Å²) in [5.74, 6) is 0.607. The van der Waals surface area contributed by atoms with E-state index in [1.807, 2.05) is 30.3 Å². The number of unbranched alkanes of at least 4 members (excludes halogenated alkanes) is 1. The Morgan fingerprint density at radius 2 is 1.73 bits per heavy atom. The SMILES string of the molecule is N[C@@H](CCCCN[C@@H]1C[C@H]1c1ccccc1)C(=O)NCc1ccccc1. The van der Waals surface area contributed by atoms with Gasteiger partial charge < -0.3 is 16.4 Å². The molecule has 4 heteroatoms. The summed E-state index contributed by atoms with van der Waals surface area (Å²) in [5, 5.41) is 6.53. The maximum Gasteiger partial charge on any atom is 0.237 e. The molecule has 2 aromatic rings. The van der Waals surface area contributed by atoms with E-state index in [1.54, 1.807) is 0 Å². The van der Waals surface area contributed by atoms with Crippen molar-refractivity contribution in [2.45, 2.75) is 50.2 Å². The lowest BCUT2D eigenvalue weighted by Gasteiger charge is -2.12. The first kappa shape index (κ1) is 18.6. The molecule has 0 aromatic heterocycles. The zero-order valence-electron chi connectivity index (χ0n) is 15.2. The Bertz CT molecular complexity index is 674. The highest BCUT2D eigenvalue weighted by molar-refractivity contribution is 5.81. The van der Waals surface area contributed by atoms with Crippen LogP contribution in [0.1, 0.15) is 42.7 Å². The Hall–Kier alpha value is -2.17. The van der Waals surface area contributed by atoms with Gasteiger partial charge >= 0.3 is 0 Å². The third kappa shape index (κ3) is 5.68. The fourth-order valence-corrected chi connectivity index (χ4v) is 3.31. The molecule has 26 heavy (non-hydrogen) atoms. The molecule has 0 bridgehead atoms. The minimum Gasteiger partial charge on any atom is -0.351 e. The third-order valence-electron chi connectivity index (χ3n) is 5.01. The Morgan fingerprint density at radius 1 is 1.04 bits per heavy atom. The Labute approximate surface area is 156 Å². The van der Waals surface area contributed by atoms with Gasteiger partial charge in [0.25, 0.3) is 0 Å². The molecule has 0 heterocycles. The van der Waals surface area contributed by atoms with Crippen LogP contribution in [-0.4, -0.2) is 24.5 Å². The smallest absolute Gasteiger partial charge is 0.237 e. The first-order valence-electron chi connectivity index (χ1n) is 9.59. The van der Waals surface area contributed by atoms with Crippen LogP contribution in [-0.2, 0) is 11.3 Å². The van der Waals surface area contributed by atoms with Crippen LogP contribution in [0.2, 0.25) is 0 Å². The van der Waals surface area contributed by atoms with E-state index in [4.69, 9.17) is 5.73 Å². The Kier molecular flexibility index (Phi) is 6.81. The number of carbonyl (C=O) groups is 1. The number of nitrogens with one attached hydrogen (secondary N) is 2. The standard InChI is InChI=1S/C22H29N3O/c23-20(22(26)25-16-17-9-3-1-4-10-17)13-7-8-14-24-21-15-19(21)18-11-5-2-6-12-18/h1-6,9-12,19-21,24H,7-8,13-16,23H2,(H,25,26)/t19-,20-,21+/m0/s1. The number of carbonyl (C=O) groups excluding carboxylic acids is 1. The largest absolute Gasteiger partial charge is 0.351 e. The van der Waals surface area contributed by atoms with E-state index in [2.05, 4.69) is 41.0 Å². The summed E-state index contributed by atoms with van der Waals surface area (Å²) in [6.45, 7) is 1.53. The summed E-state index contributed by atoms with van der Waals surface area (Å²) in [5.41, 5.74) is 8.53. The zero-order chi connectivity index (χ0) is 18.2. The van der Waals surface area contributed by atoms with Gasteiger partial charge in [-0.25, -0.2) is 0 Å². The average molecular weight is 351 g/mol. The van der Waals surface area contributed by atoms with Crippen molar-refractivity contribution in [3.8, 4) is 0 Å². The molecular formula is C22H29N3O. The van der Waals surface area contributed by atoms with Gasteiger partial charge in [0.05, 0.1) is 6.04 Å². The van der Waals surface area contributed by atoms with Crippen molar-refractivity contribution in [3.63, 3.8) is 0 Å². The van der Waals surface area contributed by atoms with Crippen molar-refractivity contribution >= 4 is 5.91 Å². The highest BCUT2D eigenvalue weighted by Gasteiger charge is 2.37. The summed E-state index contributed by atoms with van der Waals surface area (Å²) in [4.78, 5) is 12.0. The molecule has 0 spiro atoms. The van der Waals surface area contributed by atoms with Crippen LogP contribution in [0.5, 0.6) is 0 Å². The van der Waals surface area contributed by atoms with Gasteiger partial charge in [-0.05, 0) is 36.9 Å². The van der Waals surface area contributed by atoms with E-state index >= 15 is 0 Å². The fourth-order valence-electron chi connectivity index (χ4n) is 3.31. The van der Waals surface area contributed by atoms with Gasteiger partial charge in [-0.15, -0.1) is 0 Å². The summed E-state index contributed by atoms with van der Waals surface area (Å²) < 4.78 is 0. The molecule has 4 N–H and O–H groups in total. The quantitative estimate of drug-likeness (QED) is 0.577. The molecular weight excluding hydrogens is 322 g/mol. The monoisotopic (exact) mass is 351 g/mol. The normalized spacial score (nSPS) is 19.7. The second kappa shape index (κ2) is 9.51. The van der Waals surface area contributed by atoms with Gasteiger partial charge in [0.2, 0.25) is 5.91 Å². The molecule has 1 saturated carbocycles. The number of rotatable bonds is 10. The Balaban J connectivity index is 1.24. The maximum atomic E-state index is 12.0. The van der Waals surface area contributed by atoms with Crippen molar-refractivity contribution in [2.24, 2.45) is 5.73 Å². The predicted molar refractivity (Wildman–Crippen MR) is 106 cm³/mol. The van der Waals surface area contributed by atoms with E-state index in [9.17, 15) is 4.79 Å². The topological polar surface area (TPSA) is 67.1 Å². The number of nitrogens with two attached hydrogens (primary N) is 1. The van der Waals surface area contributed by atoms with Crippen LogP contribution in [0.4, 0.5) is 0 Å². The summed E-state index contributed by atoms with van der Waals surface area (Å²) >= 11 is 0. The second-order valence-electron chi connectivity index (χ2n) is 7.12. The molecule has 0 aliphatic heterocycles. The molecule has 1 aliphatic rings. The molecule has 138 valence electrons. The lowest BCUT2D eigenvalue weighted by atomic mass is 10.1. The van der Waals surface area contributed by atoms with E-state index in [-0.39, 0.29) is 5.91 Å². The maximum absolute atomic E-state index is 12.0. The van der Waals surface area contributed by atoms with Crippen LogP contribution in [0.3, 0.4) is 0 Å². The van der Waals surface area contributed by atoms with E-state index in [0.29, 0.717) is 18.5 Å². The summed E-state index contributed by atoms with van der Waals surface area (Å²) in [6.07, 6.45) is 3.98. The molecule has 4 nitrogen and oxygen atoms in total. The molecule has 0 radical (unpaired) electrons. The lowest BCUT2D eigenvalue weighted by Crippen LogP contribution is -2.40. The molecule has 2 aromatic carbocycles. The highest BCUT2D eigenvalue weighted by Crippen LogP contribution is 2.40. The first-order valence-corrected chi connectivity index (χ1v) is 9.59. The van der Waals surface area contributed by atoms with Gasteiger partial charge in [-0.2, -0.15) is 0 Å². The summed E-state index contributed by atoms with van der Waals surface area (Å²) in [6, 6.07) is 20.8. The van der Waals surface area contributed by atoms with E-state index < -0.39 is 6.04 Å². The number of hydrogen-bond donors (Lipinski definition) is 3. The van der Waals surface area contributed by atoms with E-state index in [1.165, 1.54) is 12.0 Å². The zero-order valence-corrected chi connectivity index (χ0v) is 15.2. The Morgan fingerprint density at radius 3 is 2.46 bits per heavy atom. The van der Waals surface area contributed by atoms with Crippen LogP contribution < -0.4 is 16.4 Å². The first-order chi connectivity index (χ1) is 12.7. The van der Waals surface area contributed by atoms with Crippen molar-refractivity contribution in [1.82, 2.24) is 10.6 Å². The molecule has 1 aliphatic carbocycles. The second-order valence-corrected chi connectivity index (χ2v) is 7.12. The summed E-state index contributed by atoms with van der Waals surface area (Å²) in [7, 11) is 0. The van der Waals surface area contributed by atoms with Crippen molar-refractivity contribution < 1.29 is 4.79 Å². The van der Waals surface area contributed by atoms with Gasteiger partial charge in [-0.3, -0.25) is 4.79 Å². The molecule has 0 saturated heterocycles. The van der Waals surface area contributed by atoms with Gasteiger partial charge in [0.15, 0.2) is 0 Å². The molecule has 1 amide bonds. The lowest BCUT2D eigenvalue weighted by molar-refractivity contribution is -0.122. The predicted octanol–water partition coefficient (Wildman–Crippen LogP) is 2.95. The van der Waals surface area contributed by atoms with E-state index in [0.717, 1.165) is 31.4 Å².